The van der Waals surface area contributed by atoms with Crippen LogP contribution in [0.3, 0.4) is 0 Å². The standard InChI is InChI=1S/C19H15Cl3FN5/c20-13-2-1-5-24-18(13)28-8-6-27(7-9-28)17-11-16(25-19(22)26-17)12-3-4-15(23)14(21)10-12/h1-5,10-11H,6-9H2. The first-order chi connectivity index (χ1) is 13.5. The van der Waals surface area contributed by atoms with Gasteiger partial charge in [-0.15, -0.1) is 0 Å². The van der Waals surface area contributed by atoms with Crippen LogP contribution in [0.5, 0.6) is 0 Å². The van der Waals surface area contributed by atoms with Crippen LogP contribution in [0, 0.1) is 5.82 Å². The highest BCUT2D eigenvalue weighted by Crippen LogP contribution is 2.29. The van der Waals surface area contributed by atoms with Crippen molar-refractivity contribution in [2.45, 2.75) is 0 Å². The van der Waals surface area contributed by atoms with Crippen LogP contribution in [0.1, 0.15) is 0 Å². The Morgan fingerprint density at radius 2 is 1.61 bits per heavy atom. The number of anilines is 2. The third-order valence-corrected chi connectivity index (χ3v) is 5.30. The summed E-state index contributed by atoms with van der Waals surface area (Å²) in [6.45, 7) is 2.94. The highest BCUT2D eigenvalue weighted by molar-refractivity contribution is 6.33. The van der Waals surface area contributed by atoms with Gasteiger partial charge < -0.3 is 9.80 Å². The molecule has 1 aromatic carbocycles. The molecule has 1 fully saturated rings. The molecule has 0 saturated carbocycles. The van der Waals surface area contributed by atoms with E-state index in [4.69, 9.17) is 34.8 Å². The topological polar surface area (TPSA) is 45.2 Å². The van der Waals surface area contributed by atoms with Gasteiger partial charge in [0.2, 0.25) is 5.28 Å². The van der Waals surface area contributed by atoms with Gasteiger partial charge in [-0.05, 0) is 41.9 Å². The predicted molar refractivity (Wildman–Crippen MR) is 111 cm³/mol. The maximum absolute atomic E-state index is 13.5. The van der Waals surface area contributed by atoms with Gasteiger partial charge in [-0.2, -0.15) is 0 Å². The molecule has 0 atom stereocenters. The highest BCUT2D eigenvalue weighted by atomic mass is 35.5. The summed E-state index contributed by atoms with van der Waals surface area (Å²) in [6, 6.07) is 9.93. The van der Waals surface area contributed by atoms with Crippen molar-refractivity contribution >= 4 is 46.4 Å². The Morgan fingerprint density at radius 3 is 2.32 bits per heavy atom. The highest BCUT2D eigenvalue weighted by Gasteiger charge is 2.21. The summed E-state index contributed by atoms with van der Waals surface area (Å²) in [5, 5.41) is 0.800. The largest absolute Gasteiger partial charge is 0.353 e. The van der Waals surface area contributed by atoms with E-state index in [1.165, 1.54) is 12.1 Å². The van der Waals surface area contributed by atoms with Crippen molar-refractivity contribution in [2.24, 2.45) is 0 Å². The van der Waals surface area contributed by atoms with E-state index in [9.17, 15) is 4.39 Å². The van der Waals surface area contributed by atoms with Crippen molar-refractivity contribution in [1.29, 1.82) is 0 Å². The van der Waals surface area contributed by atoms with Crippen molar-refractivity contribution in [3.63, 3.8) is 0 Å². The zero-order valence-electron chi connectivity index (χ0n) is 14.6. The zero-order valence-corrected chi connectivity index (χ0v) is 16.9. The molecule has 0 radical (unpaired) electrons. The van der Waals surface area contributed by atoms with Gasteiger partial charge in [-0.3, -0.25) is 0 Å². The summed E-state index contributed by atoms with van der Waals surface area (Å²) in [6.07, 6.45) is 1.73. The molecule has 9 heteroatoms. The number of piperazine rings is 1. The Balaban J connectivity index is 1.55. The molecule has 5 nitrogen and oxygen atoms in total. The van der Waals surface area contributed by atoms with Gasteiger partial charge in [0.15, 0.2) is 0 Å². The van der Waals surface area contributed by atoms with E-state index in [-0.39, 0.29) is 10.3 Å². The number of aromatic nitrogens is 3. The van der Waals surface area contributed by atoms with Crippen LogP contribution in [0.4, 0.5) is 16.0 Å². The minimum absolute atomic E-state index is 0.0367. The minimum Gasteiger partial charge on any atom is -0.353 e. The van der Waals surface area contributed by atoms with Crippen LogP contribution in [-0.2, 0) is 0 Å². The Morgan fingerprint density at radius 1 is 0.857 bits per heavy atom. The average molecular weight is 439 g/mol. The fourth-order valence-corrected chi connectivity index (χ4v) is 3.73. The summed E-state index contributed by atoms with van der Waals surface area (Å²) in [5.41, 5.74) is 1.27. The fraction of sp³-hybridized carbons (Fsp3) is 0.211. The van der Waals surface area contributed by atoms with Crippen molar-refractivity contribution in [3.8, 4) is 11.3 Å². The van der Waals surface area contributed by atoms with Crippen LogP contribution in [0.25, 0.3) is 11.3 Å². The number of hydrogen-bond acceptors (Lipinski definition) is 5. The van der Waals surface area contributed by atoms with Gasteiger partial charge in [-0.25, -0.2) is 19.3 Å². The molecule has 1 aliphatic heterocycles. The Bertz CT molecular complexity index is 1010. The summed E-state index contributed by atoms with van der Waals surface area (Å²) in [5.74, 6) is 1.02. The molecule has 0 N–H and O–H groups in total. The quantitative estimate of drug-likeness (QED) is 0.541. The fourth-order valence-electron chi connectivity index (χ4n) is 3.13. The van der Waals surface area contributed by atoms with Crippen LogP contribution in [-0.4, -0.2) is 41.1 Å². The molecule has 0 spiro atoms. The molecule has 28 heavy (non-hydrogen) atoms. The third-order valence-electron chi connectivity index (χ3n) is 4.54. The maximum Gasteiger partial charge on any atom is 0.224 e. The molecule has 0 aliphatic carbocycles. The number of halogens is 4. The van der Waals surface area contributed by atoms with Crippen LogP contribution in [0.15, 0.2) is 42.6 Å². The first-order valence-electron chi connectivity index (χ1n) is 8.62. The molecule has 3 aromatic rings. The molecule has 2 aromatic heterocycles. The van der Waals surface area contributed by atoms with Gasteiger partial charge in [0.25, 0.3) is 0 Å². The van der Waals surface area contributed by atoms with Crippen LogP contribution >= 0.6 is 34.8 Å². The lowest BCUT2D eigenvalue weighted by Gasteiger charge is -2.36. The van der Waals surface area contributed by atoms with E-state index >= 15 is 0 Å². The smallest absolute Gasteiger partial charge is 0.224 e. The molecular weight excluding hydrogens is 424 g/mol. The van der Waals surface area contributed by atoms with Gasteiger partial charge in [-0.1, -0.05) is 23.2 Å². The molecule has 0 unspecified atom stereocenters. The lowest BCUT2D eigenvalue weighted by Crippen LogP contribution is -2.47. The molecule has 144 valence electrons. The Hall–Kier alpha value is -2.15. The van der Waals surface area contributed by atoms with E-state index in [2.05, 4.69) is 24.8 Å². The van der Waals surface area contributed by atoms with Crippen molar-refractivity contribution < 1.29 is 4.39 Å². The summed E-state index contributed by atoms with van der Waals surface area (Å²) >= 11 is 18.3. The number of nitrogens with zero attached hydrogens (tertiary/aromatic N) is 5. The number of pyridine rings is 1. The monoisotopic (exact) mass is 437 g/mol. The number of benzene rings is 1. The lowest BCUT2D eigenvalue weighted by molar-refractivity contribution is 0.628. The lowest BCUT2D eigenvalue weighted by atomic mass is 10.1. The summed E-state index contributed by atoms with van der Waals surface area (Å²) in [7, 11) is 0. The van der Waals surface area contributed by atoms with Crippen molar-refractivity contribution in [2.75, 3.05) is 36.0 Å². The third kappa shape index (κ3) is 3.99. The molecule has 1 aliphatic rings. The molecule has 0 amide bonds. The minimum atomic E-state index is -0.477. The van der Waals surface area contributed by atoms with Crippen molar-refractivity contribution in [1.82, 2.24) is 15.0 Å². The Kier molecular flexibility index (Phi) is 5.53. The van der Waals surface area contributed by atoms with Crippen LogP contribution < -0.4 is 9.80 Å². The van der Waals surface area contributed by atoms with Crippen LogP contribution in [0.2, 0.25) is 15.3 Å². The number of hydrogen-bond donors (Lipinski definition) is 0. The Labute approximate surface area is 176 Å². The first kappa shape index (κ1) is 19.2. The van der Waals surface area contributed by atoms with Gasteiger partial charge in [0.1, 0.15) is 17.5 Å². The van der Waals surface area contributed by atoms with Gasteiger partial charge >= 0.3 is 0 Å². The van der Waals surface area contributed by atoms with E-state index in [0.29, 0.717) is 22.1 Å². The van der Waals surface area contributed by atoms with Gasteiger partial charge in [0.05, 0.1) is 15.7 Å². The summed E-state index contributed by atoms with van der Waals surface area (Å²) in [4.78, 5) is 17.2. The second kappa shape index (κ2) is 8.07. The molecule has 0 bridgehead atoms. The van der Waals surface area contributed by atoms with E-state index in [1.54, 1.807) is 12.3 Å². The predicted octanol–water partition coefficient (Wildman–Crippen LogP) is 4.96. The molecular formula is C19H15Cl3FN5. The molecule has 3 heterocycles. The van der Waals surface area contributed by atoms with E-state index < -0.39 is 5.82 Å². The van der Waals surface area contributed by atoms with E-state index in [0.717, 1.165) is 32.0 Å². The maximum atomic E-state index is 13.5. The molecule has 4 rings (SSSR count). The van der Waals surface area contributed by atoms with Gasteiger partial charge in [0, 0.05) is 44.0 Å². The second-order valence-corrected chi connectivity index (χ2v) is 7.44. The molecule has 1 saturated heterocycles. The van der Waals surface area contributed by atoms with E-state index in [1.807, 2.05) is 18.2 Å². The second-order valence-electron chi connectivity index (χ2n) is 6.29. The average Bonchev–Trinajstić information content (AvgIpc) is 2.70. The normalized spacial score (nSPS) is 14.4. The SMILES string of the molecule is Fc1ccc(-c2cc(N3CCN(c4ncccc4Cl)CC3)nc(Cl)n2)cc1Cl. The zero-order chi connectivity index (χ0) is 19.7. The van der Waals surface area contributed by atoms with Crippen molar-refractivity contribution in [3.05, 3.63) is 63.7 Å². The summed E-state index contributed by atoms with van der Waals surface area (Å²) < 4.78 is 13.5. The number of rotatable bonds is 3. The first-order valence-corrected chi connectivity index (χ1v) is 9.75.